The van der Waals surface area contributed by atoms with Gasteiger partial charge in [-0.15, -0.1) is 0 Å². The molecule has 1 fully saturated rings. The lowest BCUT2D eigenvalue weighted by Gasteiger charge is -2.35. The molecule has 3 heteroatoms. The van der Waals surface area contributed by atoms with E-state index >= 15 is 0 Å². The number of likely N-dealkylation sites (tertiary alicyclic amines) is 1. The van der Waals surface area contributed by atoms with Crippen molar-refractivity contribution < 1.29 is 4.79 Å². The van der Waals surface area contributed by atoms with Gasteiger partial charge in [0, 0.05) is 17.8 Å². The van der Waals surface area contributed by atoms with Crippen molar-refractivity contribution in [3.05, 3.63) is 65.5 Å². The van der Waals surface area contributed by atoms with E-state index in [4.69, 9.17) is 0 Å². The van der Waals surface area contributed by atoms with Crippen LogP contribution in [0.15, 0.2) is 48.5 Å². The summed E-state index contributed by atoms with van der Waals surface area (Å²) in [5.41, 5.74) is 2.78. The largest absolute Gasteiger partial charge is 0.330 e. The average Bonchev–Trinajstić information content (AvgIpc) is 2.55. The lowest BCUT2D eigenvalue weighted by molar-refractivity contribution is 0.0606. The maximum Gasteiger partial charge on any atom is 0.254 e. The molecule has 1 amide bonds. The maximum atomic E-state index is 12.8. The van der Waals surface area contributed by atoms with Crippen molar-refractivity contribution in [2.45, 2.75) is 32.2 Å². The minimum absolute atomic E-state index is 0.103. The zero-order chi connectivity index (χ0) is 14.7. The second kappa shape index (κ2) is 6.08. The maximum absolute atomic E-state index is 12.8. The average molecular weight is 280 g/mol. The summed E-state index contributed by atoms with van der Waals surface area (Å²) in [5, 5.41) is 0. The molecule has 0 N–H and O–H groups in total. The molecule has 0 saturated carbocycles. The van der Waals surface area contributed by atoms with E-state index in [1.807, 2.05) is 60.4 Å². The van der Waals surface area contributed by atoms with Gasteiger partial charge in [0.25, 0.3) is 5.91 Å². The van der Waals surface area contributed by atoms with Crippen molar-refractivity contribution in [3.8, 4) is 0 Å². The van der Waals surface area contributed by atoms with Crippen molar-refractivity contribution in [3.63, 3.8) is 0 Å². The van der Waals surface area contributed by atoms with Crippen LogP contribution in [0.4, 0.5) is 0 Å². The summed E-state index contributed by atoms with van der Waals surface area (Å²) in [5.74, 6) is 0.114. The van der Waals surface area contributed by atoms with Crippen LogP contribution in [0.1, 0.15) is 47.1 Å². The molecule has 0 radical (unpaired) electrons. The van der Waals surface area contributed by atoms with E-state index in [2.05, 4.69) is 4.98 Å². The van der Waals surface area contributed by atoms with Gasteiger partial charge in [-0.1, -0.05) is 24.3 Å². The van der Waals surface area contributed by atoms with Crippen LogP contribution in [0, 0.1) is 6.92 Å². The summed E-state index contributed by atoms with van der Waals surface area (Å²) in [6.45, 7) is 2.81. The molecule has 1 saturated heterocycles. The van der Waals surface area contributed by atoms with Crippen molar-refractivity contribution in [2.24, 2.45) is 0 Å². The standard InChI is InChI=1S/C18H20N2O/c1-14-8-7-11-16(19-14)17-12-5-6-13-20(17)18(21)15-9-3-2-4-10-15/h2-4,7-11,17H,5-6,12-13H2,1H3/t17-/m0/s1. The van der Waals surface area contributed by atoms with Crippen LogP contribution >= 0.6 is 0 Å². The van der Waals surface area contributed by atoms with Crippen LogP contribution in [0.2, 0.25) is 0 Å². The molecule has 0 aliphatic carbocycles. The highest BCUT2D eigenvalue weighted by molar-refractivity contribution is 5.94. The number of hydrogen-bond donors (Lipinski definition) is 0. The third kappa shape index (κ3) is 2.97. The highest BCUT2D eigenvalue weighted by Crippen LogP contribution is 2.31. The van der Waals surface area contributed by atoms with Crippen molar-refractivity contribution in [2.75, 3.05) is 6.54 Å². The highest BCUT2D eigenvalue weighted by atomic mass is 16.2. The van der Waals surface area contributed by atoms with Crippen LogP contribution in [-0.4, -0.2) is 22.3 Å². The normalized spacial score (nSPS) is 18.5. The monoisotopic (exact) mass is 280 g/mol. The second-order valence-corrected chi connectivity index (χ2v) is 5.58. The number of benzene rings is 1. The number of carbonyl (C=O) groups is 1. The molecule has 1 aromatic heterocycles. The summed E-state index contributed by atoms with van der Waals surface area (Å²) >= 11 is 0. The Morgan fingerprint density at radius 3 is 2.67 bits per heavy atom. The number of aryl methyl sites for hydroxylation is 1. The van der Waals surface area contributed by atoms with Crippen LogP contribution in [-0.2, 0) is 0 Å². The number of carbonyl (C=O) groups excluding carboxylic acids is 1. The zero-order valence-corrected chi connectivity index (χ0v) is 12.3. The van der Waals surface area contributed by atoms with Crippen LogP contribution in [0.3, 0.4) is 0 Å². The van der Waals surface area contributed by atoms with E-state index in [-0.39, 0.29) is 11.9 Å². The number of piperidine rings is 1. The summed E-state index contributed by atoms with van der Waals surface area (Å²) in [6, 6.07) is 15.7. The van der Waals surface area contributed by atoms with E-state index in [1.165, 1.54) is 0 Å². The fraction of sp³-hybridized carbons (Fsp3) is 0.333. The molecule has 1 aromatic carbocycles. The molecule has 0 bridgehead atoms. The molecule has 108 valence electrons. The number of amides is 1. The summed E-state index contributed by atoms with van der Waals surface area (Å²) in [4.78, 5) is 19.4. The third-order valence-electron chi connectivity index (χ3n) is 4.04. The van der Waals surface area contributed by atoms with Gasteiger partial charge >= 0.3 is 0 Å². The zero-order valence-electron chi connectivity index (χ0n) is 12.3. The Labute approximate surface area is 125 Å². The van der Waals surface area contributed by atoms with Crippen LogP contribution in [0.25, 0.3) is 0 Å². The first-order valence-corrected chi connectivity index (χ1v) is 7.55. The minimum Gasteiger partial charge on any atom is -0.330 e. The minimum atomic E-state index is 0.103. The molecular weight excluding hydrogens is 260 g/mol. The molecule has 3 rings (SSSR count). The lowest BCUT2D eigenvalue weighted by atomic mass is 9.97. The highest BCUT2D eigenvalue weighted by Gasteiger charge is 2.29. The molecule has 2 aromatic rings. The Hall–Kier alpha value is -2.16. The van der Waals surface area contributed by atoms with Gasteiger partial charge in [-0.25, -0.2) is 0 Å². The van der Waals surface area contributed by atoms with Gasteiger partial charge in [0.2, 0.25) is 0 Å². The van der Waals surface area contributed by atoms with Gasteiger partial charge in [-0.2, -0.15) is 0 Å². The summed E-state index contributed by atoms with van der Waals surface area (Å²) in [7, 11) is 0. The van der Waals surface area contributed by atoms with Crippen LogP contribution < -0.4 is 0 Å². The summed E-state index contributed by atoms with van der Waals surface area (Å²) < 4.78 is 0. The fourth-order valence-electron chi connectivity index (χ4n) is 2.98. The molecular formula is C18H20N2O. The van der Waals surface area contributed by atoms with E-state index in [0.29, 0.717) is 0 Å². The van der Waals surface area contributed by atoms with Gasteiger partial charge in [0.05, 0.1) is 11.7 Å². The third-order valence-corrected chi connectivity index (χ3v) is 4.04. The molecule has 0 spiro atoms. The molecule has 1 aliphatic rings. The van der Waals surface area contributed by atoms with Crippen molar-refractivity contribution in [1.82, 2.24) is 9.88 Å². The van der Waals surface area contributed by atoms with Gasteiger partial charge in [0.1, 0.15) is 0 Å². The Balaban J connectivity index is 1.90. The Kier molecular flexibility index (Phi) is 4.00. The van der Waals surface area contributed by atoms with Crippen LogP contribution in [0.5, 0.6) is 0 Å². The van der Waals surface area contributed by atoms with Gasteiger partial charge in [-0.3, -0.25) is 9.78 Å². The molecule has 21 heavy (non-hydrogen) atoms. The number of hydrogen-bond acceptors (Lipinski definition) is 2. The SMILES string of the molecule is Cc1cccc([C@@H]2CCCCN2C(=O)c2ccccc2)n1. The topological polar surface area (TPSA) is 33.2 Å². The first-order valence-electron chi connectivity index (χ1n) is 7.55. The van der Waals surface area contributed by atoms with Gasteiger partial charge < -0.3 is 4.90 Å². The molecule has 3 nitrogen and oxygen atoms in total. The number of aromatic nitrogens is 1. The van der Waals surface area contributed by atoms with E-state index in [0.717, 1.165) is 42.8 Å². The van der Waals surface area contributed by atoms with E-state index in [1.54, 1.807) is 0 Å². The smallest absolute Gasteiger partial charge is 0.254 e. The molecule has 2 heterocycles. The molecule has 1 atom stereocenters. The van der Waals surface area contributed by atoms with Gasteiger partial charge in [-0.05, 0) is 50.5 Å². The Bertz CT molecular complexity index is 624. The first kappa shape index (κ1) is 13.8. The van der Waals surface area contributed by atoms with E-state index in [9.17, 15) is 4.79 Å². The molecule has 1 aliphatic heterocycles. The fourth-order valence-corrected chi connectivity index (χ4v) is 2.98. The number of rotatable bonds is 2. The van der Waals surface area contributed by atoms with E-state index < -0.39 is 0 Å². The Morgan fingerprint density at radius 1 is 1.10 bits per heavy atom. The second-order valence-electron chi connectivity index (χ2n) is 5.58. The van der Waals surface area contributed by atoms with Crippen molar-refractivity contribution in [1.29, 1.82) is 0 Å². The molecule has 0 unspecified atom stereocenters. The lowest BCUT2D eigenvalue weighted by Crippen LogP contribution is -2.38. The quantitative estimate of drug-likeness (QED) is 0.839. The van der Waals surface area contributed by atoms with Gasteiger partial charge in [0.15, 0.2) is 0 Å². The number of nitrogens with zero attached hydrogens (tertiary/aromatic N) is 2. The predicted molar refractivity (Wildman–Crippen MR) is 83.0 cm³/mol. The summed E-state index contributed by atoms with van der Waals surface area (Å²) in [6.07, 6.45) is 3.22. The first-order chi connectivity index (χ1) is 10.3. The predicted octanol–water partition coefficient (Wildman–Crippen LogP) is 3.76. The number of pyridine rings is 1. The van der Waals surface area contributed by atoms with Crippen molar-refractivity contribution >= 4 is 5.91 Å². The Morgan fingerprint density at radius 2 is 1.90 bits per heavy atom.